The molecule has 1 amide bonds. The summed E-state index contributed by atoms with van der Waals surface area (Å²) in [6, 6.07) is 6.84. The molecule has 19 heavy (non-hydrogen) atoms. The smallest absolute Gasteiger partial charge is 0.407 e. The summed E-state index contributed by atoms with van der Waals surface area (Å²) in [4.78, 5) is 14.9. The molecule has 0 aromatic heterocycles. The molecule has 2 aliphatic rings. The molecule has 1 unspecified atom stereocenters. The number of carboxylic acid groups (broad SMARTS) is 1. The lowest BCUT2D eigenvalue weighted by atomic mass is 9.98. The number of nitrogens with zero attached hydrogens (tertiary/aromatic N) is 2. The van der Waals surface area contributed by atoms with Crippen LogP contribution >= 0.6 is 15.9 Å². The van der Waals surface area contributed by atoms with Gasteiger partial charge in [-0.1, -0.05) is 22.0 Å². The average Bonchev–Trinajstić information content (AvgIpc) is 2.88. The number of carbonyl (C=O) groups is 1. The molecule has 1 aromatic rings. The van der Waals surface area contributed by atoms with Crippen LogP contribution in [0.4, 0.5) is 4.79 Å². The number of fused-ring (bicyclic) bond motifs is 1. The van der Waals surface area contributed by atoms with Gasteiger partial charge in [-0.2, -0.15) is 0 Å². The second kappa shape index (κ2) is 5.13. The van der Waals surface area contributed by atoms with E-state index in [-0.39, 0.29) is 0 Å². The van der Waals surface area contributed by atoms with Crippen molar-refractivity contribution in [3.8, 4) is 0 Å². The van der Waals surface area contributed by atoms with Crippen LogP contribution in [0.15, 0.2) is 22.7 Å². The van der Waals surface area contributed by atoms with E-state index in [0.29, 0.717) is 19.1 Å². The topological polar surface area (TPSA) is 43.8 Å². The lowest BCUT2D eigenvalue weighted by Crippen LogP contribution is -2.41. The third-order valence-corrected chi connectivity index (χ3v) is 4.65. The summed E-state index contributed by atoms with van der Waals surface area (Å²) in [7, 11) is 0. The van der Waals surface area contributed by atoms with Crippen LogP contribution in [0, 0.1) is 0 Å². The van der Waals surface area contributed by atoms with Gasteiger partial charge >= 0.3 is 6.09 Å². The summed E-state index contributed by atoms with van der Waals surface area (Å²) in [5.74, 6) is 0. The van der Waals surface area contributed by atoms with E-state index in [2.05, 4.69) is 39.0 Å². The number of benzene rings is 1. The Balaban J connectivity index is 1.69. The standard InChI is InChI=1S/C14H17BrN2O2/c15-12-2-1-11-8-16(5-3-10(11)7-12)13-4-6-17(9-13)14(18)19/h1-2,7,13H,3-6,8-9H2,(H,18,19). The van der Waals surface area contributed by atoms with Crippen molar-refractivity contribution < 1.29 is 9.90 Å². The molecule has 2 heterocycles. The zero-order chi connectivity index (χ0) is 13.4. The van der Waals surface area contributed by atoms with E-state index in [0.717, 1.165) is 30.4 Å². The predicted molar refractivity (Wildman–Crippen MR) is 76.3 cm³/mol. The predicted octanol–water partition coefficient (Wildman–Crippen LogP) is 2.56. The highest BCUT2D eigenvalue weighted by molar-refractivity contribution is 9.10. The maximum atomic E-state index is 11.0. The van der Waals surface area contributed by atoms with Gasteiger partial charge in [-0.15, -0.1) is 0 Å². The average molecular weight is 325 g/mol. The molecule has 1 saturated heterocycles. The summed E-state index contributed by atoms with van der Waals surface area (Å²) in [5.41, 5.74) is 2.79. The van der Waals surface area contributed by atoms with E-state index in [9.17, 15) is 4.79 Å². The van der Waals surface area contributed by atoms with Crippen molar-refractivity contribution in [1.29, 1.82) is 0 Å². The van der Waals surface area contributed by atoms with Gasteiger partial charge in [0.05, 0.1) is 0 Å². The summed E-state index contributed by atoms with van der Waals surface area (Å²) < 4.78 is 1.14. The number of hydrogen-bond acceptors (Lipinski definition) is 2. The van der Waals surface area contributed by atoms with Crippen LogP contribution in [-0.4, -0.2) is 46.7 Å². The van der Waals surface area contributed by atoms with E-state index >= 15 is 0 Å². The van der Waals surface area contributed by atoms with Gasteiger partial charge in [-0.05, 0) is 36.1 Å². The fraction of sp³-hybridized carbons (Fsp3) is 0.500. The van der Waals surface area contributed by atoms with Crippen LogP contribution in [0.3, 0.4) is 0 Å². The molecule has 1 atom stereocenters. The summed E-state index contributed by atoms with van der Waals surface area (Å²) >= 11 is 3.51. The van der Waals surface area contributed by atoms with Gasteiger partial charge in [0.1, 0.15) is 0 Å². The molecule has 0 aliphatic carbocycles. The molecule has 1 aromatic carbocycles. The highest BCUT2D eigenvalue weighted by Crippen LogP contribution is 2.26. The van der Waals surface area contributed by atoms with Crippen LogP contribution < -0.4 is 0 Å². The normalized spacial score (nSPS) is 23.4. The number of amides is 1. The van der Waals surface area contributed by atoms with E-state index in [1.807, 2.05) is 0 Å². The van der Waals surface area contributed by atoms with Gasteiger partial charge in [0.15, 0.2) is 0 Å². The van der Waals surface area contributed by atoms with Crippen molar-refractivity contribution in [2.75, 3.05) is 19.6 Å². The second-order valence-corrected chi connectivity index (χ2v) is 6.22. The Morgan fingerprint density at radius 3 is 2.89 bits per heavy atom. The zero-order valence-electron chi connectivity index (χ0n) is 10.7. The van der Waals surface area contributed by atoms with Crippen molar-refractivity contribution in [2.45, 2.75) is 25.4 Å². The second-order valence-electron chi connectivity index (χ2n) is 5.30. The molecule has 3 rings (SSSR count). The third kappa shape index (κ3) is 2.62. The van der Waals surface area contributed by atoms with Crippen LogP contribution in [0.2, 0.25) is 0 Å². The van der Waals surface area contributed by atoms with E-state index in [1.165, 1.54) is 16.0 Å². The van der Waals surface area contributed by atoms with E-state index in [1.54, 1.807) is 0 Å². The molecule has 0 bridgehead atoms. The fourth-order valence-corrected chi connectivity index (χ4v) is 3.48. The minimum Gasteiger partial charge on any atom is -0.465 e. The number of halogens is 1. The largest absolute Gasteiger partial charge is 0.465 e. The molecule has 1 N–H and O–H groups in total. The third-order valence-electron chi connectivity index (χ3n) is 4.16. The first-order valence-electron chi connectivity index (χ1n) is 6.63. The first-order valence-corrected chi connectivity index (χ1v) is 7.42. The first-order chi connectivity index (χ1) is 9.13. The van der Waals surface area contributed by atoms with Gasteiger partial charge in [-0.3, -0.25) is 4.90 Å². The van der Waals surface area contributed by atoms with Gasteiger partial charge in [0.2, 0.25) is 0 Å². The highest BCUT2D eigenvalue weighted by atomic mass is 79.9. The minimum atomic E-state index is -0.788. The van der Waals surface area contributed by atoms with Crippen LogP contribution in [0.25, 0.3) is 0 Å². The summed E-state index contributed by atoms with van der Waals surface area (Å²) in [6.45, 7) is 3.30. The Hall–Kier alpha value is -1.07. The van der Waals surface area contributed by atoms with E-state index < -0.39 is 6.09 Å². The number of hydrogen-bond donors (Lipinski definition) is 1. The van der Waals surface area contributed by atoms with Gasteiger partial charge in [0.25, 0.3) is 0 Å². The molecule has 0 radical (unpaired) electrons. The van der Waals surface area contributed by atoms with Crippen molar-refractivity contribution in [3.63, 3.8) is 0 Å². The maximum Gasteiger partial charge on any atom is 0.407 e. The quantitative estimate of drug-likeness (QED) is 0.863. The Kier molecular flexibility index (Phi) is 3.50. The molecular formula is C14H17BrN2O2. The molecule has 2 aliphatic heterocycles. The molecule has 4 nitrogen and oxygen atoms in total. The molecule has 0 spiro atoms. The number of rotatable bonds is 1. The van der Waals surface area contributed by atoms with Crippen LogP contribution in [-0.2, 0) is 13.0 Å². The highest BCUT2D eigenvalue weighted by Gasteiger charge is 2.31. The Morgan fingerprint density at radius 1 is 1.32 bits per heavy atom. The van der Waals surface area contributed by atoms with Crippen LogP contribution in [0.5, 0.6) is 0 Å². The van der Waals surface area contributed by atoms with Crippen molar-refractivity contribution in [3.05, 3.63) is 33.8 Å². The Labute approximate surface area is 121 Å². The summed E-state index contributed by atoms with van der Waals surface area (Å²) in [5, 5.41) is 9.02. The van der Waals surface area contributed by atoms with E-state index in [4.69, 9.17) is 5.11 Å². The molecule has 1 fully saturated rings. The SMILES string of the molecule is O=C(O)N1CCC(N2CCc3cc(Br)ccc3C2)C1. The number of likely N-dealkylation sites (tertiary alicyclic amines) is 1. The van der Waals surface area contributed by atoms with Crippen molar-refractivity contribution in [1.82, 2.24) is 9.80 Å². The van der Waals surface area contributed by atoms with Crippen molar-refractivity contribution >= 4 is 22.0 Å². The van der Waals surface area contributed by atoms with Gasteiger partial charge in [-0.25, -0.2) is 4.79 Å². The molecule has 102 valence electrons. The zero-order valence-corrected chi connectivity index (χ0v) is 12.3. The molecule has 0 saturated carbocycles. The maximum absolute atomic E-state index is 11.0. The Morgan fingerprint density at radius 2 is 2.16 bits per heavy atom. The van der Waals surface area contributed by atoms with Crippen LogP contribution in [0.1, 0.15) is 17.5 Å². The molecule has 5 heteroatoms. The fourth-order valence-electron chi connectivity index (χ4n) is 3.07. The van der Waals surface area contributed by atoms with Gasteiger partial charge < -0.3 is 10.0 Å². The van der Waals surface area contributed by atoms with Crippen molar-refractivity contribution in [2.24, 2.45) is 0 Å². The lowest BCUT2D eigenvalue weighted by molar-refractivity contribution is 0.143. The molecular weight excluding hydrogens is 308 g/mol. The monoisotopic (exact) mass is 324 g/mol. The Bertz CT molecular complexity index is 506. The first kappa shape index (κ1) is 12.9. The lowest BCUT2D eigenvalue weighted by Gasteiger charge is -2.33. The van der Waals surface area contributed by atoms with Gasteiger partial charge in [0, 0.05) is 36.7 Å². The minimum absolute atomic E-state index is 0.382. The summed E-state index contributed by atoms with van der Waals surface area (Å²) in [6.07, 6.45) is 1.22.